The lowest BCUT2D eigenvalue weighted by Crippen LogP contribution is -2.34. The van der Waals surface area contributed by atoms with E-state index in [1.165, 1.54) is 12.1 Å². The van der Waals surface area contributed by atoms with Crippen LogP contribution in [-0.4, -0.2) is 33.7 Å². The van der Waals surface area contributed by atoms with Gasteiger partial charge in [0.05, 0.1) is 11.0 Å². The van der Waals surface area contributed by atoms with Crippen LogP contribution in [0, 0.1) is 5.41 Å². The summed E-state index contributed by atoms with van der Waals surface area (Å²) in [6.45, 7) is 0.0241. The number of rotatable bonds is 4. The van der Waals surface area contributed by atoms with E-state index in [2.05, 4.69) is 5.32 Å². The molecule has 0 aliphatic heterocycles. The molecule has 6 heteroatoms. The molecule has 0 unspecified atom stereocenters. The number of phenolic OH excluding ortho intramolecular Hbond substituents is 2. The maximum atomic E-state index is 11.7. The molecule has 0 bridgehead atoms. The van der Waals surface area contributed by atoms with E-state index in [-0.39, 0.29) is 23.6 Å². The van der Waals surface area contributed by atoms with E-state index in [4.69, 9.17) is 5.11 Å². The smallest absolute Gasteiger partial charge is 0.311 e. The van der Waals surface area contributed by atoms with E-state index in [9.17, 15) is 19.8 Å². The predicted octanol–water partition coefficient (Wildman–Crippen LogP) is 0.692. The maximum absolute atomic E-state index is 11.7. The highest BCUT2D eigenvalue weighted by molar-refractivity contribution is 5.97. The van der Waals surface area contributed by atoms with Crippen molar-refractivity contribution in [2.24, 2.45) is 5.41 Å². The maximum Gasteiger partial charge on any atom is 0.311 e. The monoisotopic (exact) mass is 251 g/mol. The zero-order valence-corrected chi connectivity index (χ0v) is 9.51. The van der Waals surface area contributed by atoms with Crippen LogP contribution in [0.25, 0.3) is 0 Å². The van der Waals surface area contributed by atoms with Crippen LogP contribution in [0.1, 0.15) is 23.2 Å². The number of nitrogens with one attached hydrogen (secondary N) is 1. The molecule has 1 amide bonds. The minimum atomic E-state index is -0.928. The lowest BCUT2D eigenvalue weighted by atomic mass is 10.1. The molecule has 0 radical (unpaired) electrons. The number of benzene rings is 1. The third-order valence-corrected chi connectivity index (χ3v) is 3.12. The Kier molecular flexibility index (Phi) is 2.86. The summed E-state index contributed by atoms with van der Waals surface area (Å²) in [4.78, 5) is 22.7. The van der Waals surface area contributed by atoms with Crippen molar-refractivity contribution in [3.8, 4) is 11.5 Å². The van der Waals surface area contributed by atoms with Crippen molar-refractivity contribution in [1.82, 2.24) is 5.32 Å². The number of amides is 1. The molecule has 96 valence electrons. The van der Waals surface area contributed by atoms with Crippen LogP contribution in [0.2, 0.25) is 0 Å². The van der Waals surface area contributed by atoms with Gasteiger partial charge in [-0.25, -0.2) is 0 Å². The quantitative estimate of drug-likeness (QED) is 0.589. The van der Waals surface area contributed by atoms with Gasteiger partial charge in [-0.1, -0.05) is 0 Å². The van der Waals surface area contributed by atoms with Crippen LogP contribution in [0.3, 0.4) is 0 Å². The number of hydrogen-bond acceptors (Lipinski definition) is 4. The number of phenols is 2. The summed E-state index contributed by atoms with van der Waals surface area (Å²) < 4.78 is 0. The SMILES string of the molecule is O=C(NCC1(C(=O)O)CC1)c1cc(O)ccc1O. The van der Waals surface area contributed by atoms with E-state index in [1.54, 1.807) is 0 Å². The molecule has 2 rings (SSSR count). The van der Waals surface area contributed by atoms with Crippen LogP contribution in [0.5, 0.6) is 11.5 Å². The molecule has 4 N–H and O–H groups in total. The van der Waals surface area contributed by atoms with Crippen molar-refractivity contribution >= 4 is 11.9 Å². The Hall–Kier alpha value is -2.24. The normalized spacial score (nSPS) is 16.0. The fraction of sp³-hybridized carbons (Fsp3) is 0.333. The fourth-order valence-corrected chi connectivity index (χ4v) is 1.67. The number of aliphatic carboxylic acids is 1. The van der Waals surface area contributed by atoms with Gasteiger partial charge in [-0.05, 0) is 31.0 Å². The van der Waals surface area contributed by atoms with Gasteiger partial charge in [-0.2, -0.15) is 0 Å². The molecule has 0 spiro atoms. The fourth-order valence-electron chi connectivity index (χ4n) is 1.67. The topological polar surface area (TPSA) is 107 Å². The summed E-state index contributed by atoms with van der Waals surface area (Å²) in [7, 11) is 0. The summed E-state index contributed by atoms with van der Waals surface area (Å²) in [6.07, 6.45) is 1.07. The minimum Gasteiger partial charge on any atom is -0.508 e. The standard InChI is InChI=1S/C12H13NO5/c14-7-1-2-9(15)8(5-7)10(16)13-6-12(3-4-12)11(17)18/h1-2,5,14-15H,3-4,6H2,(H,13,16)(H,17,18). The molecule has 1 fully saturated rings. The predicted molar refractivity (Wildman–Crippen MR) is 61.4 cm³/mol. The van der Waals surface area contributed by atoms with Crippen LogP contribution >= 0.6 is 0 Å². The van der Waals surface area contributed by atoms with Crippen LogP contribution in [0.4, 0.5) is 0 Å². The number of carboxylic acid groups (broad SMARTS) is 1. The zero-order chi connectivity index (χ0) is 13.3. The third-order valence-electron chi connectivity index (χ3n) is 3.12. The number of hydrogen-bond donors (Lipinski definition) is 4. The Morgan fingerprint density at radius 2 is 1.94 bits per heavy atom. The van der Waals surface area contributed by atoms with Gasteiger partial charge < -0.3 is 20.6 Å². The minimum absolute atomic E-state index is 0.0241. The van der Waals surface area contributed by atoms with E-state index in [0.29, 0.717) is 12.8 Å². The Bertz CT molecular complexity index is 507. The lowest BCUT2D eigenvalue weighted by Gasteiger charge is -2.11. The van der Waals surface area contributed by atoms with Gasteiger partial charge in [0, 0.05) is 6.54 Å². The second kappa shape index (κ2) is 4.21. The zero-order valence-electron chi connectivity index (χ0n) is 9.51. The first-order valence-electron chi connectivity index (χ1n) is 5.48. The van der Waals surface area contributed by atoms with Crippen molar-refractivity contribution in [2.75, 3.05) is 6.54 Å². The van der Waals surface area contributed by atoms with Crippen LogP contribution in [-0.2, 0) is 4.79 Å². The number of carboxylic acids is 1. The van der Waals surface area contributed by atoms with E-state index in [1.807, 2.05) is 0 Å². The Balaban J connectivity index is 2.04. The molecule has 0 aromatic heterocycles. The first kappa shape index (κ1) is 12.2. The molecule has 1 aliphatic carbocycles. The first-order valence-corrected chi connectivity index (χ1v) is 5.48. The molecule has 1 aromatic rings. The van der Waals surface area contributed by atoms with Crippen LogP contribution in [0.15, 0.2) is 18.2 Å². The van der Waals surface area contributed by atoms with E-state index >= 15 is 0 Å². The average Bonchev–Trinajstić information content (AvgIpc) is 3.10. The van der Waals surface area contributed by atoms with Crippen molar-refractivity contribution in [1.29, 1.82) is 0 Å². The van der Waals surface area contributed by atoms with Crippen molar-refractivity contribution in [3.05, 3.63) is 23.8 Å². The Morgan fingerprint density at radius 1 is 1.28 bits per heavy atom. The molecule has 1 saturated carbocycles. The molecule has 0 heterocycles. The summed E-state index contributed by atoms with van der Waals surface area (Å²) in [5, 5.41) is 30.1. The highest BCUT2D eigenvalue weighted by Gasteiger charge is 2.50. The molecule has 18 heavy (non-hydrogen) atoms. The molecule has 1 aromatic carbocycles. The molecular weight excluding hydrogens is 238 g/mol. The Labute approximate surface area is 103 Å². The van der Waals surface area contributed by atoms with Gasteiger partial charge in [-0.3, -0.25) is 9.59 Å². The van der Waals surface area contributed by atoms with Gasteiger partial charge in [0.25, 0.3) is 5.91 Å². The number of carbonyl (C=O) groups is 2. The lowest BCUT2D eigenvalue weighted by molar-refractivity contribution is -0.143. The van der Waals surface area contributed by atoms with E-state index in [0.717, 1.165) is 6.07 Å². The molecule has 1 aliphatic rings. The van der Waals surface area contributed by atoms with Crippen LogP contribution < -0.4 is 5.32 Å². The molecule has 0 atom stereocenters. The first-order chi connectivity index (χ1) is 8.44. The van der Waals surface area contributed by atoms with Gasteiger partial charge in [0.2, 0.25) is 0 Å². The highest BCUT2D eigenvalue weighted by atomic mass is 16.4. The van der Waals surface area contributed by atoms with Crippen molar-refractivity contribution < 1.29 is 24.9 Å². The highest BCUT2D eigenvalue weighted by Crippen LogP contribution is 2.45. The van der Waals surface area contributed by atoms with Gasteiger partial charge >= 0.3 is 5.97 Å². The second-order valence-electron chi connectivity index (χ2n) is 4.47. The molecule has 6 nitrogen and oxygen atoms in total. The number of aromatic hydroxyl groups is 2. The summed E-state index contributed by atoms with van der Waals surface area (Å²) in [5.74, 6) is -1.93. The summed E-state index contributed by atoms with van der Waals surface area (Å²) in [5.41, 5.74) is -0.932. The Morgan fingerprint density at radius 3 is 2.50 bits per heavy atom. The van der Waals surface area contributed by atoms with Crippen molar-refractivity contribution in [2.45, 2.75) is 12.8 Å². The number of carbonyl (C=O) groups excluding carboxylic acids is 1. The largest absolute Gasteiger partial charge is 0.508 e. The van der Waals surface area contributed by atoms with Crippen molar-refractivity contribution in [3.63, 3.8) is 0 Å². The van der Waals surface area contributed by atoms with E-state index < -0.39 is 17.3 Å². The molecule has 0 saturated heterocycles. The average molecular weight is 251 g/mol. The van der Waals surface area contributed by atoms with Gasteiger partial charge in [0.15, 0.2) is 0 Å². The summed E-state index contributed by atoms with van der Waals surface area (Å²) in [6, 6.07) is 3.59. The van der Waals surface area contributed by atoms with Gasteiger partial charge in [0.1, 0.15) is 11.5 Å². The third kappa shape index (κ3) is 2.22. The summed E-state index contributed by atoms with van der Waals surface area (Å²) >= 11 is 0. The van der Waals surface area contributed by atoms with Gasteiger partial charge in [-0.15, -0.1) is 0 Å². The second-order valence-corrected chi connectivity index (χ2v) is 4.47. The molecular formula is C12H13NO5.